The highest BCUT2D eigenvalue weighted by atomic mass is 32.2. The lowest BCUT2D eigenvalue weighted by Gasteiger charge is -2.37. The molecule has 1 saturated carbocycles. The van der Waals surface area contributed by atoms with E-state index < -0.39 is 0 Å². The molecule has 1 amide bonds. The van der Waals surface area contributed by atoms with Gasteiger partial charge in [-0.25, -0.2) is 9.37 Å². The van der Waals surface area contributed by atoms with E-state index in [9.17, 15) is 14.0 Å². The number of carbonyl (C=O) groups is 1. The van der Waals surface area contributed by atoms with Crippen molar-refractivity contribution in [2.45, 2.75) is 38.1 Å². The molecule has 6 rings (SSSR count). The standard InChI is InChI=1S/C28H28FN5O2S2/c29-19-9-11-20(12-10-19)31-14-16-32(17-15-31)25-22(26(35)33-13-5-4-8-24(33)30-25)18-23-27(36)34(28(37)38-23)21-6-2-1-3-7-21/h4-5,8-13,18,21H,1-3,6-7,14-17H2/b23-18-. The van der Waals surface area contributed by atoms with E-state index in [0.717, 1.165) is 31.4 Å². The number of anilines is 2. The molecule has 38 heavy (non-hydrogen) atoms. The Bertz CT molecular complexity index is 1470. The lowest BCUT2D eigenvalue weighted by Crippen LogP contribution is -2.47. The van der Waals surface area contributed by atoms with Gasteiger partial charge in [0.2, 0.25) is 0 Å². The topological polar surface area (TPSA) is 61.2 Å². The highest BCUT2D eigenvalue weighted by molar-refractivity contribution is 8.26. The minimum Gasteiger partial charge on any atom is -0.368 e. The average molecular weight is 550 g/mol. The Morgan fingerprint density at radius 2 is 1.66 bits per heavy atom. The molecule has 3 aromatic rings. The van der Waals surface area contributed by atoms with Crippen LogP contribution in [0.4, 0.5) is 15.9 Å². The molecule has 0 N–H and O–H groups in total. The maximum atomic E-state index is 13.7. The maximum absolute atomic E-state index is 13.7. The van der Waals surface area contributed by atoms with Crippen LogP contribution in [-0.2, 0) is 4.79 Å². The van der Waals surface area contributed by atoms with Crippen molar-refractivity contribution in [1.82, 2.24) is 14.3 Å². The third-order valence-electron chi connectivity index (χ3n) is 7.56. The Morgan fingerprint density at radius 1 is 0.947 bits per heavy atom. The molecule has 4 heterocycles. The van der Waals surface area contributed by atoms with Crippen molar-refractivity contribution in [2.75, 3.05) is 36.0 Å². The molecule has 7 nitrogen and oxygen atoms in total. The number of thiocarbonyl (C=S) groups is 1. The Morgan fingerprint density at radius 3 is 2.39 bits per heavy atom. The smallest absolute Gasteiger partial charge is 0.267 e. The number of rotatable bonds is 4. The number of thioether (sulfide) groups is 1. The molecular weight excluding hydrogens is 521 g/mol. The number of carbonyl (C=O) groups excluding carboxylic acids is 1. The Hall–Kier alpha value is -3.24. The number of pyridine rings is 1. The molecule has 1 aliphatic carbocycles. The molecule has 0 atom stereocenters. The first kappa shape index (κ1) is 25.1. The van der Waals surface area contributed by atoms with Crippen molar-refractivity contribution in [3.8, 4) is 0 Å². The number of amides is 1. The molecule has 0 bridgehead atoms. The van der Waals surface area contributed by atoms with Gasteiger partial charge in [-0.05, 0) is 55.3 Å². The summed E-state index contributed by atoms with van der Waals surface area (Å²) in [6.45, 7) is 2.67. The fourth-order valence-electron chi connectivity index (χ4n) is 5.55. The fourth-order valence-corrected chi connectivity index (χ4v) is 6.93. The summed E-state index contributed by atoms with van der Waals surface area (Å²) in [7, 11) is 0. The van der Waals surface area contributed by atoms with E-state index >= 15 is 0 Å². The molecule has 3 fully saturated rings. The zero-order valence-corrected chi connectivity index (χ0v) is 22.5. The molecule has 3 aliphatic rings. The van der Waals surface area contributed by atoms with Gasteiger partial charge in [-0.2, -0.15) is 0 Å². The third-order valence-corrected chi connectivity index (χ3v) is 8.89. The van der Waals surface area contributed by atoms with Crippen LogP contribution >= 0.6 is 24.0 Å². The normalized spacial score (nSPS) is 20.2. The Balaban J connectivity index is 1.33. The van der Waals surface area contributed by atoms with Crippen molar-refractivity contribution in [1.29, 1.82) is 0 Å². The van der Waals surface area contributed by atoms with E-state index in [-0.39, 0.29) is 23.3 Å². The first-order chi connectivity index (χ1) is 18.5. The van der Waals surface area contributed by atoms with Gasteiger partial charge in [-0.15, -0.1) is 0 Å². The van der Waals surface area contributed by atoms with E-state index in [4.69, 9.17) is 17.2 Å². The van der Waals surface area contributed by atoms with E-state index in [2.05, 4.69) is 9.80 Å². The molecule has 0 radical (unpaired) electrons. The van der Waals surface area contributed by atoms with Gasteiger partial charge in [0.05, 0.1) is 10.5 Å². The van der Waals surface area contributed by atoms with Crippen LogP contribution in [-0.4, -0.2) is 56.7 Å². The van der Waals surface area contributed by atoms with Gasteiger partial charge in [-0.1, -0.05) is 49.3 Å². The lowest BCUT2D eigenvalue weighted by molar-refractivity contribution is -0.124. The molecular formula is C28H28FN5O2S2. The second-order valence-corrected chi connectivity index (χ2v) is 11.6. The fraction of sp³-hybridized carbons (Fsp3) is 0.357. The van der Waals surface area contributed by atoms with Crippen LogP contribution in [0.1, 0.15) is 37.7 Å². The second kappa shape index (κ2) is 10.5. The van der Waals surface area contributed by atoms with Gasteiger partial charge in [0.1, 0.15) is 21.6 Å². The Kier molecular flexibility index (Phi) is 6.92. The van der Waals surface area contributed by atoms with Crippen LogP contribution in [0.25, 0.3) is 11.7 Å². The van der Waals surface area contributed by atoms with Crippen LogP contribution in [0.5, 0.6) is 0 Å². The number of nitrogens with zero attached hydrogens (tertiary/aromatic N) is 5. The minimum absolute atomic E-state index is 0.114. The highest BCUT2D eigenvalue weighted by Gasteiger charge is 2.38. The third kappa shape index (κ3) is 4.71. The first-order valence-corrected chi connectivity index (χ1v) is 14.3. The highest BCUT2D eigenvalue weighted by Crippen LogP contribution is 2.38. The molecule has 0 unspecified atom stereocenters. The number of hydrogen-bond acceptors (Lipinski definition) is 7. The number of fused-ring (bicyclic) bond motifs is 1. The summed E-state index contributed by atoms with van der Waals surface area (Å²) < 4.78 is 15.5. The molecule has 10 heteroatoms. The number of piperazine rings is 1. The number of aromatic nitrogens is 2. The SMILES string of the molecule is O=C1/C(=C/c2c(N3CCN(c4ccc(F)cc4)CC3)nc3ccccn3c2=O)SC(=S)N1C1CCCCC1. The van der Waals surface area contributed by atoms with Crippen LogP contribution in [0, 0.1) is 5.82 Å². The minimum atomic E-state index is -0.258. The Labute approximate surface area is 229 Å². The summed E-state index contributed by atoms with van der Waals surface area (Å²) >= 11 is 6.89. The van der Waals surface area contributed by atoms with Crippen LogP contribution < -0.4 is 15.4 Å². The van der Waals surface area contributed by atoms with Crippen molar-refractivity contribution in [3.63, 3.8) is 0 Å². The maximum Gasteiger partial charge on any atom is 0.267 e. The summed E-state index contributed by atoms with van der Waals surface area (Å²) in [5, 5.41) is 0. The van der Waals surface area contributed by atoms with Gasteiger partial charge in [-0.3, -0.25) is 18.9 Å². The number of halogens is 1. The van der Waals surface area contributed by atoms with Crippen molar-refractivity contribution in [2.24, 2.45) is 0 Å². The molecule has 1 aromatic carbocycles. The predicted octanol–water partition coefficient (Wildman–Crippen LogP) is 4.69. The van der Waals surface area contributed by atoms with Crippen molar-refractivity contribution in [3.05, 3.63) is 75.3 Å². The van der Waals surface area contributed by atoms with Gasteiger partial charge < -0.3 is 9.80 Å². The monoisotopic (exact) mass is 549 g/mol. The van der Waals surface area contributed by atoms with E-state index in [1.54, 1.807) is 35.4 Å². The summed E-state index contributed by atoms with van der Waals surface area (Å²) in [5.74, 6) is 0.200. The zero-order chi connectivity index (χ0) is 26.2. The number of benzene rings is 1. The van der Waals surface area contributed by atoms with E-state index in [0.29, 0.717) is 52.4 Å². The zero-order valence-electron chi connectivity index (χ0n) is 20.9. The molecule has 2 aromatic heterocycles. The molecule has 2 saturated heterocycles. The predicted molar refractivity (Wildman–Crippen MR) is 154 cm³/mol. The quantitative estimate of drug-likeness (QED) is 0.346. The summed E-state index contributed by atoms with van der Waals surface area (Å²) in [6, 6.07) is 12.1. The average Bonchev–Trinajstić information content (AvgIpc) is 3.23. The van der Waals surface area contributed by atoms with Gasteiger partial charge in [0.25, 0.3) is 11.5 Å². The van der Waals surface area contributed by atoms with Gasteiger partial charge in [0.15, 0.2) is 0 Å². The molecule has 196 valence electrons. The summed E-state index contributed by atoms with van der Waals surface area (Å²) in [5.41, 5.74) is 1.70. The largest absolute Gasteiger partial charge is 0.368 e. The van der Waals surface area contributed by atoms with Crippen molar-refractivity contribution < 1.29 is 9.18 Å². The van der Waals surface area contributed by atoms with Crippen LogP contribution in [0.15, 0.2) is 58.4 Å². The van der Waals surface area contributed by atoms with Gasteiger partial charge in [0, 0.05) is 44.1 Å². The van der Waals surface area contributed by atoms with Gasteiger partial charge >= 0.3 is 0 Å². The number of hydrogen-bond donors (Lipinski definition) is 0. The second-order valence-electron chi connectivity index (χ2n) is 9.88. The summed E-state index contributed by atoms with van der Waals surface area (Å²) in [6.07, 6.45) is 8.71. The van der Waals surface area contributed by atoms with Crippen LogP contribution in [0.3, 0.4) is 0 Å². The summed E-state index contributed by atoms with van der Waals surface area (Å²) in [4.78, 5) is 38.6. The van der Waals surface area contributed by atoms with Crippen LogP contribution in [0.2, 0.25) is 0 Å². The van der Waals surface area contributed by atoms with Crippen molar-refractivity contribution >= 4 is 57.4 Å². The van der Waals surface area contributed by atoms with E-state index in [1.807, 2.05) is 12.1 Å². The molecule has 0 spiro atoms. The molecule has 2 aliphatic heterocycles. The lowest BCUT2D eigenvalue weighted by atomic mass is 9.94. The van der Waals surface area contributed by atoms with E-state index in [1.165, 1.54) is 34.7 Å². The first-order valence-electron chi connectivity index (χ1n) is 13.0.